The molecule has 0 aliphatic rings. The molecule has 1 aromatic carbocycles. The summed E-state index contributed by atoms with van der Waals surface area (Å²) in [6, 6.07) is 12.5. The Morgan fingerprint density at radius 3 is 2.57 bits per heavy atom. The third kappa shape index (κ3) is 5.40. The van der Waals surface area contributed by atoms with E-state index in [0.717, 1.165) is 24.2 Å². The number of guanidine groups is 1. The highest BCUT2D eigenvalue weighted by atomic mass is 15.1. The van der Waals surface area contributed by atoms with E-state index in [1.807, 2.05) is 31.3 Å². The maximum atomic E-state index is 5.94. The van der Waals surface area contributed by atoms with E-state index in [1.54, 1.807) is 0 Å². The summed E-state index contributed by atoms with van der Waals surface area (Å²) in [5.74, 6) is 1.03. The molecule has 4 heteroatoms. The standard InChI is InChI=1S/C19H26N4/c1-4-14(2)17-7-9-18(10-8-17)23-19(20)21-12-11-16-6-5-15(3)22-13-16/h5-10,13-14H,4,11-12H2,1-3H3,(H3,20,21,23). The van der Waals surface area contributed by atoms with Crippen LogP contribution in [-0.2, 0) is 6.42 Å². The van der Waals surface area contributed by atoms with Crippen LogP contribution < -0.4 is 11.1 Å². The van der Waals surface area contributed by atoms with Crippen LogP contribution in [0.4, 0.5) is 5.69 Å². The number of anilines is 1. The molecule has 0 aliphatic carbocycles. The minimum atomic E-state index is 0.446. The van der Waals surface area contributed by atoms with E-state index in [1.165, 1.54) is 11.1 Å². The molecule has 2 rings (SSSR count). The molecule has 0 bridgehead atoms. The van der Waals surface area contributed by atoms with Crippen LogP contribution in [0.25, 0.3) is 0 Å². The lowest BCUT2D eigenvalue weighted by atomic mass is 9.99. The van der Waals surface area contributed by atoms with Crippen LogP contribution in [0.1, 0.15) is 43.0 Å². The van der Waals surface area contributed by atoms with Crippen molar-refractivity contribution in [3.63, 3.8) is 0 Å². The van der Waals surface area contributed by atoms with Gasteiger partial charge in [-0.3, -0.25) is 9.98 Å². The average Bonchev–Trinajstić information content (AvgIpc) is 2.56. The smallest absolute Gasteiger partial charge is 0.193 e. The Bertz CT molecular complexity index is 629. The number of hydrogen-bond acceptors (Lipinski definition) is 2. The third-order valence-corrected chi connectivity index (χ3v) is 4.02. The largest absolute Gasteiger partial charge is 0.370 e. The lowest BCUT2D eigenvalue weighted by Crippen LogP contribution is -2.23. The van der Waals surface area contributed by atoms with Crippen molar-refractivity contribution in [2.45, 2.75) is 39.5 Å². The number of benzene rings is 1. The molecule has 0 aliphatic heterocycles. The third-order valence-electron chi connectivity index (χ3n) is 4.02. The zero-order valence-corrected chi connectivity index (χ0v) is 14.2. The minimum Gasteiger partial charge on any atom is -0.370 e. The van der Waals surface area contributed by atoms with Gasteiger partial charge in [-0.05, 0) is 55.0 Å². The molecule has 0 saturated carbocycles. The molecular formula is C19H26N4. The average molecular weight is 310 g/mol. The molecule has 0 radical (unpaired) electrons. The van der Waals surface area contributed by atoms with E-state index in [2.05, 4.69) is 47.3 Å². The molecule has 2 aromatic rings. The van der Waals surface area contributed by atoms with Crippen molar-refractivity contribution in [1.29, 1.82) is 0 Å². The predicted octanol–water partition coefficient (Wildman–Crippen LogP) is 3.87. The normalized spacial score (nSPS) is 12.9. The van der Waals surface area contributed by atoms with Gasteiger partial charge in [-0.15, -0.1) is 0 Å². The van der Waals surface area contributed by atoms with Crippen molar-refractivity contribution in [3.05, 3.63) is 59.4 Å². The zero-order valence-electron chi connectivity index (χ0n) is 14.2. The molecular weight excluding hydrogens is 284 g/mol. The molecule has 0 amide bonds. The first-order valence-corrected chi connectivity index (χ1v) is 8.17. The topological polar surface area (TPSA) is 63.3 Å². The second-order valence-electron chi connectivity index (χ2n) is 5.88. The lowest BCUT2D eigenvalue weighted by molar-refractivity contribution is 0.734. The summed E-state index contributed by atoms with van der Waals surface area (Å²) in [5.41, 5.74) is 10.5. The molecule has 3 N–H and O–H groups in total. The number of pyridine rings is 1. The molecule has 0 fully saturated rings. The summed E-state index contributed by atoms with van der Waals surface area (Å²) < 4.78 is 0. The van der Waals surface area contributed by atoms with E-state index in [-0.39, 0.29) is 0 Å². The van der Waals surface area contributed by atoms with E-state index >= 15 is 0 Å². The first-order chi connectivity index (χ1) is 11.1. The molecule has 122 valence electrons. The van der Waals surface area contributed by atoms with Gasteiger partial charge in [0.25, 0.3) is 0 Å². The molecule has 1 aromatic heterocycles. The van der Waals surface area contributed by atoms with Gasteiger partial charge in [0.1, 0.15) is 0 Å². The van der Waals surface area contributed by atoms with Gasteiger partial charge in [-0.1, -0.05) is 32.0 Å². The van der Waals surface area contributed by atoms with Crippen molar-refractivity contribution in [2.75, 3.05) is 11.9 Å². The number of hydrogen-bond donors (Lipinski definition) is 2. The second-order valence-corrected chi connectivity index (χ2v) is 5.88. The van der Waals surface area contributed by atoms with Crippen molar-refractivity contribution in [2.24, 2.45) is 10.7 Å². The molecule has 0 saturated heterocycles. The van der Waals surface area contributed by atoms with Crippen molar-refractivity contribution in [1.82, 2.24) is 4.98 Å². The summed E-state index contributed by atoms with van der Waals surface area (Å²) >= 11 is 0. The summed E-state index contributed by atoms with van der Waals surface area (Å²) in [4.78, 5) is 8.65. The van der Waals surface area contributed by atoms with Crippen molar-refractivity contribution < 1.29 is 0 Å². The number of aliphatic imine (C=N–C) groups is 1. The van der Waals surface area contributed by atoms with Crippen LogP contribution in [0.2, 0.25) is 0 Å². The number of aromatic nitrogens is 1. The number of nitrogens with one attached hydrogen (secondary N) is 1. The maximum Gasteiger partial charge on any atom is 0.193 e. The van der Waals surface area contributed by atoms with Gasteiger partial charge in [0, 0.05) is 24.1 Å². The van der Waals surface area contributed by atoms with Crippen molar-refractivity contribution in [3.8, 4) is 0 Å². The molecule has 1 unspecified atom stereocenters. The summed E-state index contributed by atoms with van der Waals surface area (Å²) in [5, 5.41) is 3.13. The Morgan fingerprint density at radius 1 is 1.22 bits per heavy atom. The Labute approximate surface area is 138 Å². The molecule has 1 heterocycles. The van der Waals surface area contributed by atoms with E-state index in [0.29, 0.717) is 18.4 Å². The highest BCUT2D eigenvalue weighted by Crippen LogP contribution is 2.20. The van der Waals surface area contributed by atoms with Gasteiger partial charge in [-0.2, -0.15) is 0 Å². The molecule has 23 heavy (non-hydrogen) atoms. The molecule has 4 nitrogen and oxygen atoms in total. The number of nitrogens with two attached hydrogens (primary N) is 1. The maximum absolute atomic E-state index is 5.94. The van der Waals surface area contributed by atoms with Gasteiger partial charge in [0.15, 0.2) is 5.96 Å². The van der Waals surface area contributed by atoms with Gasteiger partial charge < -0.3 is 11.1 Å². The van der Waals surface area contributed by atoms with Gasteiger partial charge in [-0.25, -0.2) is 0 Å². The fourth-order valence-corrected chi connectivity index (χ4v) is 2.27. The lowest BCUT2D eigenvalue weighted by Gasteiger charge is -2.10. The number of nitrogens with zero attached hydrogens (tertiary/aromatic N) is 2. The predicted molar refractivity (Wildman–Crippen MR) is 97.9 cm³/mol. The highest BCUT2D eigenvalue weighted by Gasteiger charge is 2.02. The summed E-state index contributed by atoms with van der Waals surface area (Å²) in [6.07, 6.45) is 3.87. The Kier molecular flexibility index (Phi) is 6.15. The Morgan fingerprint density at radius 2 is 1.96 bits per heavy atom. The molecule has 0 spiro atoms. The van der Waals surface area contributed by atoms with E-state index in [9.17, 15) is 0 Å². The van der Waals surface area contributed by atoms with Crippen LogP contribution >= 0.6 is 0 Å². The van der Waals surface area contributed by atoms with Crippen LogP contribution in [0.5, 0.6) is 0 Å². The van der Waals surface area contributed by atoms with E-state index < -0.39 is 0 Å². The fourth-order valence-electron chi connectivity index (χ4n) is 2.27. The van der Waals surface area contributed by atoms with Crippen molar-refractivity contribution >= 4 is 11.6 Å². The first kappa shape index (κ1) is 17.0. The first-order valence-electron chi connectivity index (χ1n) is 8.17. The number of aryl methyl sites for hydroxylation is 1. The van der Waals surface area contributed by atoms with Gasteiger partial charge in [0.2, 0.25) is 0 Å². The van der Waals surface area contributed by atoms with E-state index in [4.69, 9.17) is 5.73 Å². The Hall–Kier alpha value is -2.36. The zero-order chi connectivity index (χ0) is 16.7. The SMILES string of the molecule is CCC(C)c1ccc(NC(N)=NCCc2ccc(C)nc2)cc1. The minimum absolute atomic E-state index is 0.446. The van der Waals surface area contributed by atoms with Gasteiger partial charge in [0.05, 0.1) is 0 Å². The quantitative estimate of drug-likeness (QED) is 0.629. The summed E-state index contributed by atoms with van der Waals surface area (Å²) in [6.45, 7) is 7.06. The monoisotopic (exact) mass is 310 g/mol. The van der Waals surface area contributed by atoms with Gasteiger partial charge >= 0.3 is 0 Å². The Balaban J connectivity index is 1.85. The highest BCUT2D eigenvalue weighted by molar-refractivity contribution is 5.92. The van der Waals surface area contributed by atoms with Crippen LogP contribution in [-0.4, -0.2) is 17.5 Å². The summed E-state index contributed by atoms with van der Waals surface area (Å²) in [7, 11) is 0. The second kappa shape index (κ2) is 8.32. The van der Waals surface area contributed by atoms with Crippen LogP contribution in [0, 0.1) is 6.92 Å². The number of rotatable bonds is 6. The fraction of sp³-hybridized carbons (Fsp3) is 0.368. The van der Waals surface area contributed by atoms with Crippen LogP contribution in [0.3, 0.4) is 0 Å². The molecule has 1 atom stereocenters. The van der Waals surface area contributed by atoms with Crippen LogP contribution in [0.15, 0.2) is 47.6 Å².